The first-order chi connectivity index (χ1) is 26.4. The molecule has 7 aromatic rings. The second-order valence-corrected chi connectivity index (χ2v) is 14.5. The van der Waals surface area contributed by atoms with Gasteiger partial charge in [0.15, 0.2) is 4.80 Å². The van der Waals surface area contributed by atoms with Crippen LogP contribution in [0.1, 0.15) is 29.7 Å². The summed E-state index contributed by atoms with van der Waals surface area (Å²) in [5.74, 6) is 0.134. The van der Waals surface area contributed by atoms with Crippen molar-refractivity contribution in [3.8, 4) is 34.0 Å². The van der Waals surface area contributed by atoms with Crippen molar-refractivity contribution in [2.45, 2.75) is 13.0 Å². The highest BCUT2D eigenvalue weighted by molar-refractivity contribution is 9.10. The van der Waals surface area contributed by atoms with Gasteiger partial charge in [-0.15, -0.1) is 0 Å². The molecular formula is C45H34BrN3O4S. The fourth-order valence-corrected chi connectivity index (χ4v) is 8.15. The smallest absolute Gasteiger partial charge is 0.338 e. The molecule has 0 bridgehead atoms. The summed E-state index contributed by atoms with van der Waals surface area (Å²) in [6.07, 6.45) is 1.95. The van der Waals surface area contributed by atoms with E-state index >= 15 is 0 Å². The quantitative estimate of drug-likeness (QED) is 0.137. The third-order valence-electron chi connectivity index (χ3n) is 9.32. The van der Waals surface area contributed by atoms with Gasteiger partial charge in [0.05, 0.1) is 46.9 Å². The Morgan fingerprint density at radius 3 is 2.04 bits per heavy atom. The van der Waals surface area contributed by atoms with E-state index in [1.807, 2.05) is 109 Å². The fourth-order valence-electron chi connectivity index (χ4n) is 6.89. The van der Waals surface area contributed by atoms with Crippen molar-refractivity contribution in [3.05, 3.63) is 192 Å². The molecule has 1 aliphatic rings. The van der Waals surface area contributed by atoms with Gasteiger partial charge in [-0.2, -0.15) is 0 Å². The molecule has 5 aromatic carbocycles. The SMILES string of the molecule is CCOC(=O)C1=C(c2ccccc2)N=c2s/c(=C\c3cc(-c4ccccc4)n(-c4ccc(Br)cc4)c3-c3ccccc3)c(=O)n2[C@@H]1c1ccc(OC)cc1. The van der Waals surface area contributed by atoms with Crippen molar-refractivity contribution in [2.75, 3.05) is 13.7 Å². The van der Waals surface area contributed by atoms with Crippen LogP contribution in [0.3, 0.4) is 0 Å². The van der Waals surface area contributed by atoms with Gasteiger partial charge in [-0.25, -0.2) is 9.79 Å². The first-order valence-corrected chi connectivity index (χ1v) is 19.1. The van der Waals surface area contributed by atoms with Crippen molar-refractivity contribution in [2.24, 2.45) is 4.99 Å². The second kappa shape index (κ2) is 15.1. The van der Waals surface area contributed by atoms with Gasteiger partial charge in [-0.05, 0) is 72.2 Å². The van der Waals surface area contributed by atoms with Gasteiger partial charge in [-0.3, -0.25) is 9.36 Å². The van der Waals surface area contributed by atoms with E-state index in [-0.39, 0.29) is 12.2 Å². The lowest BCUT2D eigenvalue weighted by Crippen LogP contribution is -2.40. The minimum absolute atomic E-state index is 0.172. The van der Waals surface area contributed by atoms with Gasteiger partial charge in [0, 0.05) is 21.3 Å². The highest BCUT2D eigenvalue weighted by Gasteiger charge is 2.35. The Morgan fingerprint density at radius 2 is 1.43 bits per heavy atom. The number of thiazole rings is 1. The molecule has 0 fully saturated rings. The van der Waals surface area contributed by atoms with E-state index in [1.165, 1.54) is 11.3 Å². The molecule has 54 heavy (non-hydrogen) atoms. The van der Waals surface area contributed by atoms with E-state index < -0.39 is 12.0 Å². The summed E-state index contributed by atoms with van der Waals surface area (Å²) in [4.78, 5) is 34.4. The van der Waals surface area contributed by atoms with Gasteiger partial charge < -0.3 is 14.0 Å². The molecule has 0 saturated heterocycles. The van der Waals surface area contributed by atoms with Crippen molar-refractivity contribution < 1.29 is 14.3 Å². The van der Waals surface area contributed by atoms with E-state index in [2.05, 4.69) is 63.0 Å². The molecule has 3 heterocycles. The molecule has 266 valence electrons. The minimum atomic E-state index is -0.801. The average Bonchev–Trinajstić information content (AvgIpc) is 3.75. The molecule has 0 saturated carbocycles. The number of esters is 1. The van der Waals surface area contributed by atoms with Gasteiger partial charge in [0.1, 0.15) is 5.75 Å². The molecule has 0 aliphatic carbocycles. The molecule has 2 aromatic heterocycles. The van der Waals surface area contributed by atoms with Crippen LogP contribution in [0.2, 0.25) is 0 Å². The maximum Gasteiger partial charge on any atom is 0.338 e. The van der Waals surface area contributed by atoms with Crippen molar-refractivity contribution in [1.82, 2.24) is 9.13 Å². The second-order valence-electron chi connectivity index (χ2n) is 12.6. The fraction of sp³-hybridized carbons (Fsp3) is 0.0889. The Hall–Kier alpha value is -6.03. The first kappa shape index (κ1) is 35.0. The lowest BCUT2D eigenvalue weighted by atomic mass is 9.93. The maximum atomic E-state index is 14.9. The van der Waals surface area contributed by atoms with Crippen LogP contribution in [-0.2, 0) is 9.53 Å². The Bertz CT molecular complexity index is 2680. The molecule has 9 heteroatoms. The zero-order valence-corrected chi connectivity index (χ0v) is 31.9. The third kappa shape index (κ3) is 6.57. The summed E-state index contributed by atoms with van der Waals surface area (Å²) >= 11 is 4.90. The predicted octanol–water partition coefficient (Wildman–Crippen LogP) is 8.83. The zero-order valence-electron chi connectivity index (χ0n) is 29.5. The minimum Gasteiger partial charge on any atom is -0.497 e. The average molecular weight is 793 g/mol. The van der Waals surface area contributed by atoms with Gasteiger partial charge in [0.2, 0.25) is 0 Å². The number of nitrogens with zero attached hydrogens (tertiary/aromatic N) is 3. The largest absolute Gasteiger partial charge is 0.497 e. The first-order valence-electron chi connectivity index (χ1n) is 17.5. The number of benzene rings is 5. The molecule has 0 unspecified atom stereocenters. The van der Waals surface area contributed by atoms with Crippen LogP contribution in [0.25, 0.3) is 40.0 Å². The summed E-state index contributed by atoms with van der Waals surface area (Å²) in [6.45, 7) is 1.94. The van der Waals surface area contributed by atoms with E-state index in [4.69, 9.17) is 14.5 Å². The molecule has 0 amide bonds. The lowest BCUT2D eigenvalue weighted by Gasteiger charge is -2.26. The van der Waals surface area contributed by atoms with Crippen molar-refractivity contribution in [3.63, 3.8) is 0 Å². The molecule has 1 atom stereocenters. The van der Waals surface area contributed by atoms with E-state index in [9.17, 15) is 9.59 Å². The molecule has 8 rings (SSSR count). The third-order valence-corrected chi connectivity index (χ3v) is 10.8. The van der Waals surface area contributed by atoms with Crippen LogP contribution in [0.5, 0.6) is 5.75 Å². The standard InChI is InChI=1S/C45H34BrN3O4S/c1-3-53-44(51)39-40(30-15-9-5-10-16-30)47-45-49(42(39)32-19-25-36(52-2)26-20-32)43(50)38(54-45)28-33-27-37(29-13-7-4-8-14-29)48(35-23-21-34(46)22-24-35)41(33)31-17-11-6-12-18-31/h4-28,42H,3H2,1-2H3/b38-28-/t42-/m1/s1. The number of rotatable bonds is 9. The molecule has 0 N–H and O–H groups in total. The number of hydrogen-bond acceptors (Lipinski definition) is 6. The summed E-state index contributed by atoms with van der Waals surface area (Å²) in [7, 11) is 1.60. The Morgan fingerprint density at radius 1 is 0.815 bits per heavy atom. The molecule has 1 aliphatic heterocycles. The van der Waals surface area contributed by atoms with Gasteiger partial charge in [0.25, 0.3) is 5.56 Å². The van der Waals surface area contributed by atoms with E-state index in [0.29, 0.717) is 26.4 Å². The van der Waals surface area contributed by atoms with Crippen LogP contribution < -0.4 is 19.6 Å². The lowest BCUT2D eigenvalue weighted by molar-refractivity contribution is -0.138. The topological polar surface area (TPSA) is 74.8 Å². The number of methoxy groups -OCH3 is 1. The van der Waals surface area contributed by atoms with Crippen LogP contribution >= 0.6 is 27.3 Å². The Balaban J connectivity index is 1.42. The normalized spacial score (nSPS) is 14.1. The number of hydrogen-bond donors (Lipinski definition) is 0. The molecule has 0 spiro atoms. The van der Waals surface area contributed by atoms with Gasteiger partial charge in [-0.1, -0.05) is 130 Å². The number of fused-ring (bicyclic) bond motifs is 1. The van der Waals surface area contributed by atoms with Crippen LogP contribution in [-0.4, -0.2) is 28.8 Å². The highest BCUT2D eigenvalue weighted by Crippen LogP contribution is 2.38. The van der Waals surface area contributed by atoms with Crippen molar-refractivity contribution in [1.29, 1.82) is 0 Å². The molecule has 7 nitrogen and oxygen atoms in total. The van der Waals surface area contributed by atoms with Crippen molar-refractivity contribution >= 4 is 45.0 Å². The number of aromatic nitrogens is 2. The number of halogens is 1. The summed E-state index contributed by atoms with van der Waals surface area (Å²) in [6, 6.07) is 47.0. The van der Waals surface area contributed by atoms with Gasteiger partial charge >= 0.3 is 5.97 Å². The van der Waals surface area contributed by atoms with E-state index in [0.717, 1.165) is 49.4 Å². The molecule has 0 radical (unpaired) electrons. The Labute approximate surface area is 324 Å². The zero-order chi connectivity index (χ0) is 37.2. The van der Waals surface area contributed by atoms with Crippen LogP contribution in [0.4, 0.5) is 0 Å². The predicted molar refractivity (Wildman–Crippen MR) is 218 cm³/mol. The summed E-state index contributed by atoms with van der Waals surface area (Å²) in [5, 5.41) is 0. The molecular weight excluding hydrogens is 758 g/mol. The van der Waals surface area contributed by atoms with E-state index in [1.54, 1.807) is 18.6 Å². The summed E-state index contributed by atoms with van der Waals surface area (Å²) in [5.41, 5.74) is 7.77. The monoisotopic (exact) mass is 791 g/mol. The van der Waals surface area contributed by atoms with Crippen LogP contribution in [0, 0.1) is 0 Å². The number of ether oxygens (including phenoxy) is 2. The summed E-state index contributed by atoms with van der Waals surface area (Å²) < 4.78 is 16.4. The number of carbonyl (C=O) groups excluding carboxylic acids is 1. The number of carbonyl (C=O) groups is 1. The highest BCUT2D eigenvalue weighted by atomic mass is 79.9. The van der Waals surface area contributed by atoms with Crippen LogP contribution in [0.15, 0.2) is 165 Å². The Kier molecular flexibility index (Phi) is 9.82. The maximum absolute atomic E-state index is 14.9.